The minimum Gasteiger partial charge on any atom is -0.459 e. The van der Waals surface area contributed by atoms with Crippen molar-refractivity contribution in [2.24, 2.45) is 28.9 Å². The van der Waals surface area contributed by atoms with Gasteiger partial charge in [-0.15, -0.1) is 5.48 Å². The molecule has 3 aliphatic rings. The number of hydrogen-bond donors (Lipinski definition) is 4. The lowest BCUT2D eigenvalue weighted by Crippen LogP contribution is -2.61. The number of nitrogens with two attached hydrogens (primary N) is 1. The van der Waals surface area contributed by atoms with Gasteiger partial charge in [0.25, 0.3) is 5.91 Å². The number of nitrogens with one attached hydrogen (secondary N) is 3. The Labute approximate surface area is 308 Å². The Kier molecular flexibility index (Phi) is 16.6. The van der Waals surface area contributed by atoms with Crippen LogP contribution in [0.25, 0.3) is 0 Å². The lowest BCUT2D eigenvalue weighted by molar-refractivity contribution is -0.165. The lowest BCUT2D eigenvalue weighted by atomic mass is 9.83. The van der Waals surface area contributed by atoms with Crippen LogP contribution in [0.4, 0.5) is 4.79 Å². The predicted molar refractivity (Wildman–Crippen MR) is 196 cm³/mol. The second-order valence-electron chi connectivity index (χ2n) is 15.6. The van der Waals surface area contributed by atoms with Gasteiger partial charge in [-0.3, -0.25) is 14.4 Å². The minimum atomic E-state index is -1.12. The number of hydroxylamine groups is 1. The molecule has 1 heterocycles. The van der Waals surface area contributed by atoms with Gasteiger partial charge in [-0.25, -0.2) is 14.4 Å². The highest BCUT2D eigenvalue weighted by molar-refractivity contribution is 6.37. The summed E-state index contributed by atoms with van der Waals surface area (Å²) in [4.78, 5) is 85.0. The maximum Gasteiger partial charge on any atom is 0.347 e. The topological polar surface area (TPSA) is 186 Å². The summed E-state index contributed by atoms with van der Waals surface area (Å²) < 4.78 is 5.63. The number of benzene rings is 1. The number of rotatable bonds is 15. The van der Waals surface area contributed by atoms with E-state index in [2.05, 4.69) is 30.0 Å². The maximum atomic E-state index is 14.1. The molecule has 2 aliphatic carbocycles. The number of hydrogen-bond acceptors (Lipinski definition) is 9. The van der Waals surface area contributed by atoms with E-state index in [0.29, 0.717) is 12.8 Å². The van der Waals surface area contributed by atoms with E-state index in [0.717, 1.165) is 50.5 Å². The zero-order valence-corrected chi connectivity index (χ0v) is 31.9. The number of amides is 4. The van der Waals surface area contributed by atoms with Crippen molar-refractivity contribution in [2.75, 3.05) is 6.54 Å². The molecule has 52 heavy (non-hydrogen) atoms. The van der Waals surface area contributed by atoms with Gasteiger partial charge in [0.15, 0.2) is 0 Å². The Morgan fingerprint density at radius 2 is 1.54 bits per heavy atom. The Morgan fingerprint density at radius 1 is 0.904 bits per heavy atom. The van der Waals surface area contributed by atoms with Crippen molar-refractivity contribution in [3.05, 3.63) is 35.9 Å². The highest BCUT2D eigenvalue weighted by Crippen LogP contribution is 2.34. The third kappa shape index (κ3) is 12.9. The number of Topliss-reactive ketones (excluding diaryl/α,β-unsaturated/α-hetero) is 1. The summed E-state index contributed by atoms with van der Waals surface area (Å²) >= 11 is 0. The molecule has 0 radical (unpaired) electrons. The van der Waals surface area contributed by atoms with Crippen LogP contribution >= 0.6 is 0 Å². The largest absolute Gasteiger partial charge is 0.459 e. The first-order valence-corrected chi connectivity index (χ1v) is 19.1. The maximum absolute atomic E-state index is 14.1. The van der Waals surface area contributed by atoms with Crippen molar-refractivity contribution in [2.45, 2.75) is 143 Å². The van der Waals surface area contributed by atoms with E-state index >= 15 is 0 Å². The van der Waals surface area contributed by atoms with Crippen molar-refractivity contribution >= 4 is 35.6 Å². The molecule has 3 fully saturated rings. The van der Waals surface area contributed by atoms with E-state index in [9.17, 15) is 28.8 Å². The van der Waals surface area contributed by atoms with Crippen molar-refractivity contribution in [3.63, 3.8) is 0 Å². The highest BCUT2D eigenvalue weighted by atomic mass is 16.7. The summed E-state index contributed by atoms with van der Waals surface area (Å²) in [6.45, 7) is 11.9. The van der Waals surface area contributed by atoms with Gasteiger partial charge in [-0.1, -0.05) is 117 Å². The monoisotopic (exact) mass is 727 g/mol. The molecule has 1 aromatic carbocycles. The minimum absolute atomic E-state index is 0.0762. The molecule has 4 amide bonds. The Morgan fingerprint density at radius 3 is 2.10 bits per heavy atom. The number of ether oxygens (including phenoxy) is 1. The van der Waals surface area contributed by atoms with Gasteiger partial charge >= 0.3 is 18.0 Å². The summed E-state index contributed by atoms with van der Waals surface area (Å²) in [7, 11) is 0. The number of carbonyl (C=O) groups is 6. The van der Waals surface area contributed by atoms with E-state index in [4.69, 9.17) is 15.3 Å². The van der Waals surface area contributed by atoms with Crippen molar-refractivity contribution in [1.29, 1.82) is 0 Å². The summed E-state index contributed by atoms with van der Waals surface area (Å²) in [6, 6.07) is 4.61. The van der Waals surface area contributed by atoms with Crippen LogP contribution in [0.15, 0.2) is 30.3 Å². The van der Waals surface area contributed by atoms with Gasteiger partial charge in [0.2, 0.25) is 11.7 Å². The van der Waals surface area contributed by atoms with Crippen LogP contribution in [0, 0.1) is 23.2 Å². The lowest BCUT2D eigenvalue weighted by Gasteiger charge is -2.36. The van der Waals surface area contributed by atoms with Crippen LogP contribution in [-0.4, -0.2) is 71.2 Å². The fourth-order valence-corrected chi connectivity index (χ4v) is 6.59. The fraction of sp³-hybridized carbons (Fsp3) is 0.692. The number of unbranched alkanes of at least 4 members (excludes halogenated alkanes) is 1. The van der Waals surface area contributed by atoms with Crippen molar-refractivity contribution in [3.8, 4) is 0 Å². The molecular weight excluding hydrogens is 666 g/mol. The summed E-state index contributed by atoms with van der Waals surface area (Å²) in [5, 5.41) is 5.62. The molecule has 1 saturated heterocycles. The number of likely N-dealkylation sites (tertiary alicyclic amines) is 1. The van der Waals surface area contributed by atoms with Crippen molar-refractivity contribution in [1.82, 2.24) is 21.0 Å². The van der Waals surface area contributed by atoms with E-state index in [1.54, 1.807) is 20.8 Å². The van der Waals surface area contributed by atoms with Crippen LogP contribution in [0.3, 0.4) is 0 Å². The summed E-state index contributed by atoms with van der Waals surface area (Å²) in [5.74, 6) is -3.92. The smallest absolute Gasteiger partial charge is 0.347 e. The zero-order valence-electron chi connectivity index (χ0n) is 31.9. The predicted octanol–water partition coefficient (Wildman–Crippen LogP) is 4.71. The van der Waals surface area contributed by atoms with E-state index < -0.39 is 65.1 Å². The van der Waals surface area contributed by atoms with Gasteiger partial charge in [0.05, 0.1) is 0 Å². The molecule has 2 saturated carbocycles. The SMILES string of the molecule is CCCC.C[C@H]1CCN(C(=O)C(NC(=O)NC(C(=O)OCc2ccccc2)C2CCCCC2)C(C)(C)C)C1C(=O)ONC(CC1CC1)C(=O)C(N)=O. The summed E-state index contributed by atoms with van der Waals surface area (Å²) in [6.07, 6.45) is 9.75. The molecule has 0 aromatic heterocycles. The molecule has 4 rings (SSSR count). The Hall–Kier alpha value is -4.00. The molecular formula is C39H61N5O8. The number of esters is 1. The third-order valence-corrected chi connectivity index (χ3v) is 10.1. The molecule has 4 unspecified atom stereocenters. The number of carbonyl (C=O) groups excluding carboxylic acids is 6. The Bertz CT molecular complexity index is 1350. The van der Waals surface area contributed by atoms with Gasteiger partial charge in [-0.2, -0.15) is 0 Å². The van der Waals surface area contributed by atoms with Crippen LogP contribution in [0.5, 0.6) is 0 Å². The molecule has 0 spiro atoms. The fourth-order valence-electron chi connectivity index (χ4n) is 6.59. The molecule has 5 N–H and O–H groups in total. The van der Waals surface area contributed by atoms with Crippen LogP contribution in [-0.2, 0) is 40.2 Å². The number of urea groups is 1. The number of nitrogens with zero attached hydrogens (tertiary/aromatic N) is 1. The second-order valence-corrected chi connectivity index (χ2v) is 15.6. The first-order chi connectivity index (χ1) is 24.7. The number of ketones is 1. The van der Waals surface area contributed by atoms with Gasteiger partial charge in [0.1, 0.15) is 30.8 Å². The average Bonchev–Trinajstić information content (AvgIpc) is 3.87. The highest BCUT2D eigenvalue weighted by Gasteiger charge is 2.46. The standard InChI is InChI=1S/C35H51N5O8.C4H10/c1-21-17-18-40(27(21)33(45)48-39-25(19-22-15-16-22)28(41)30(36)42)31(43)29(35(2,3)4)38-34(46)37-26(24-13-9-6-10-14-24)32(44)47-20-23-11-7-5-8-12-23;1-3-4-2/h5,7-8,11-12,21-22,24-27,29,39H,6,9-10,13-20H2,1-4H3,(H2,36,42)(H2,37,38,46);3-4H2,1-2H3/t21-,25?,26?,27?,29?;/m0./s1. The molecule has 290 valence electrons. The molecule has 13 nitrogen and oxygen atoms in total. The Balaban J connectivity index is 0.00000173. The number of primary amides is 1. The molecule has 0 bridgehead atoms. The normalized spacial score (nSPS) is 20.7. The first kappa shape index (κ1) is 42.4. The molecule has 13 heteroatoms. The second kappa shape index (κ2) is 20.3. The quantitative estimate of drug-likeness (QED) is 0.113. The van der Waals surface area contributed by atoms with Crippen LogP contribution < -0.4 is 21.8 Å². The third-order valence-electron chi connectivity index (χ3n) is 10.1. The molecule has 5 atom stereocenters. The van der Waals surface area contributed by atoms with E-state index in [1.807, 2.05) is 37.3 Å². The zero-order chi connectivity index (χ0) is 38.4. The van der Waals surface area contributed by atoms with Crippen LogP contribution in [0.1, 0.15) is 118 Å². The van der Waals surface area contributed by atoms with Gasteiger partial charge < -0.3 is 30.8 Å². The molecule has 1 aliphatic heterocycles. The van der Waals surface area contributed by atoms with E-state index in [-0.39, 0.29) is 30.9 Å². The van der Waals surface area contributed by atoms with Gasteiger partial charge in [0, 0.05) is 6.54 Å². The van der Waals surface area contributed by atoms with Crippen molar-refractivity contribution < 1.29 is 38.3 Å². The van der Waals surface area contributed by atoms with E-state index in [1.165, 1.54) is 17.7 Å². The molecule has 1 aromatic rings. The van der Waals surface area contributed by atoms with Crippen LogP contribution in [0.2, 0.25) is 0 Å². The first-order valence-electron chi connectivity index (χ1n) is 19.1. The average molecular weight is 728 g/mol. The van der Waals surface area contributed by atoms with Gasteiger partial charge in [-0.05, 0) is 54.4 Å². The summed E-state index contributed by atoms with van der Waals surface area (Å²) in [5.41, 5.74) is 7.70.